The van der Waals surface area contributed by atoms with E-state index in [0.717, 1.165) is 0 Å². The summed E-state index contributed by atoms with van der Waals surface area (Å²) in [6.07, 6.45) is 1.53. The highest BCUT2D eigenvalue weighted by Crippen LogP contribution is 2.25. The number of amides is 1. The van der Waals surface area contributed by atoms with Gasteiger partial charge in [0.2, 0.25) is 0 Å². The first-order valence-corrected chi connectivity index (χ1v) is 6.24. The Labute approximate surface area is 116 Å². The van der Waals surface area contributed by atoms with E-state index in [0.29, 0.717) is 23.6 Å². The minimum atomic E-state index is -0.315. The fourth-order valence-corrected chi connectivity index (χ4v) is 1.80. The number of nitrogens with one attached hydrogen (secondary N) is 1. The van der Waals surface area contributed by atoms with Crippen molar-refractivity contribution in [2.24, 2.45) is 0 Å². The van der Waals surface area contributed by atoms with Gasteiger partial charge in [-0.3, -0.25) is 4.79 Å². The smallest absolute Gasteiger partial charge is 0.258 e. The van der Waals surface area contributed by atoms with Gasteiger partial charge in [0.05, 0.1) is 17.9 Å². The molecule has 1 aromatic carbocycles. The van der Waals surface area contributed by atoms with Gasteiger partial charge in [-0.1, -0.05) is 23.7 Å². The second kappa shape index (κ2) is 6.20. The molecule has 5 heteroatoms. The number of pyridine rings is 1. The van der Waals surface area contributed by atoms with Gasteiger partial charge in [0.1, 0.15) is 10.9 Å². The fourth-order valence-electron chi connectivity index (χ4n) is 1.60. The molecule has 0 aliphatic carbocycles. The fraction of sp³-hybridized carbons (Fsp3) is 0.143. The number of carbonyl (C=O) groups is 1. The van der Waals surface area contributed by atoms with Crippen LogP contribution in [0.3, 0.4) is 0 Å². The maximum atomic E-state index is 12.1. The summed E-state index contributed by atoms with van der Waals surface area (Å²) in [4.78, 5) is 16.0. The summed E-state index contributed by atoms with van der Waals surface area (Å²) >= 11 is 5.88. The van der Waals surface area contributed by atoms with Crippen LogP contribution < -0.4 is 10.1 Å². The third kappa shape index (κ3) is 3.23. The molecule has 4 nitrogen and oxygen atoms in total. The number of benzene rings is 1. The van der Waals surface area contributed by atoms with E-state index < -0.39 is 0 Å². The molecule has 1 heterocycles. The highest BCUT2D eigenvalue weighted by molar-refractivity contribution is 6.33. The number of nitrogens with zero attached hydrogens (tertiary/aromatic N) is 1. The average molecular weight is 277 g/mol. The van der Waals surface area contributed by atoms with Crippen molar-refractivity contribution >= 4 is 23.2 Å². The number of para-hydroxylation sites is 2. The molecule has 0 spiro atoms. The molecular weight excluding hydrogens is 264 g/mol. The Morgan fingerprint density at radius 3 is 2.84 bits per heavy atom. The predicted octanol–water partition coefficient (Wildman–Crippen LogP) is 3.39. The molecule has 19 heavy (non-hydrogen) atoms. The van der Waals surface area contributed by atoms with Crippen LogP contribution in [0.5, 0.6) is 5.75 Å². The molecule has 0 radical (unpaired) electrons. The van der Waals surface area contributed by atoms with Crippen LogP contribution in [0, 0.1) is 0 Å². The molecule has 0 aliphatic rings. The molecule has 2 rings (SSSR count). The Morgan fingerprint density at radius 2 is 2.11 bits per heavy atom. The first kappa shape index (κ1) is 13.4. The maximum Gasteiger partial charge on any atom is 0.258 e. The van der Waals surface area contributed by atoms with E-state index in [1.807, 2.05) is 19.1 Å². The van der Waals surface area contributed by atoms with Crippen LogP contribution in [0.1, 0.15) is 17.3 Å². The summed E-state index contributed by atoms with van der Waals surface area (Å²) in [5.41, 5.74) is 0.935. The lowest BCUT2D eigenvalue weighted by molar-refractivity contribution is 0.102. The van der Waals surface area contributed by atoms with Crippen molar-refractivity contribution in [3.63, 3.8) is 0 Å². The topological polar surface area (TPSA) is 51.2 Å². The van der Waals surface area contributed by atoms with Crippen LogP contribution in [0.4, 0.5) is 5.69 Å². The highest BCUT2D eigenvalue weighted by atomic mass is 35.5. The Morgan fingerprint density at radius 1 is 1.32 bits per heavy atom. The van der Waals surface area contributed by atoms with Crippen molar-refractivity contribution in [3.05, 3.63) is 53.3 Å². The van der Waals surface area contributed by atoms with E-state index in [2.05, 4.69) is 10.3 Å². The number of carbonyl (C=O) groups excluding carboxylic acids is 1. The molecule has 0 fully saturated rings. The summed E-state index contributed by atoms with van der Waals surface area (Å²) < 4.78 is 5.44. The highest BCUT2D eigenvalue weighted by Gasteiger charge is 2.12. The number of rotatable bonds is 4. The van der Waals surface area contributed by atoms with Crippen molar-refractivity contribution < 1.29 is 9.53 Å². The van der Waals surface area contributed by atoms with E-state index in [9.17, 15) is 4.79 Å². The summed E-state index contributed by atoms with van der Waals surface area (Å²) in [7, 11) is 0. The van der Waals surface area contributed by atoms with E-state index in [1.165, 1.54) is 6.20 Å². The van der Waals surface area contributed by atoms with E-state index in [4.69, 9.17) is 16.3 Å². The number of anilines is 1. The molecule has 2 aromatic rings. The summed E-state index contributed by atoms with van der Waals surface area (Å²) in [6, 6.07) is 10.5. The van der Waals surface area contributed by atoms with Crippen LogP contribution in [0.25, 0.3) is 0 Å². The second-order valence-corrected chi connectivity index (χ2v) is 4.08. The van der Waals surface area contributed by atoms with E-state index in [1.54, 1.807) is 24.3 Å². The molecule has 0 atom stereocenters. The zero-order valence-electron chi connectivity index (χ0n) is 10.4. The minimum absolute atomic E-state index is 0.175. The zero-order chi connectivity index (χ0) is 13.7. The van der Waals surface area contributed by atoms with Gasteiger partial charge in [-0.15, -0.1) is 0 Å². The SMILES string of the molecule is CCOc1ccccc1NC(=O)c1cccnc1Cl. The molecule has 0 unspecified atom stereocenters. The Hall–Kier alpha value is -2.07. The normalized spacial score (nSPS) is 10.0. The van der Waals surface area contributed by atoms with Gasteiger partial charge in [0, 0.05) is 6.20 Å². The van der Waals surface area contributed by atoms with Crippen molar-refractivity contribution in [1.82, 2.24) is 4.98 Å². The van der Waals surface area contributed by atoms with Crippen LogP contribution >= 0.6 is 11.6 Å². The predicted molar refractivity (Wildman–Crippen MR) is 74.8 cm³/mol. The van der Waals surface area contributed by atoms with Gasteiger partial charge in [-0.25, -0.2) is 4.98 Å². The first-order valence-electron chi connectivity index (χ1n) is 5.86. The molecule has 1 amide bonds. The van der Waals surface area contributed by atoms with Gasteiger partial charge in [-0.2, -0.15) is 0 Å². The van der Waals surface area contributed by atoms with Crippen LogP contribution in [0.15, 0.2) is 42.6 Å². The van der Waals surface area contributed by atoms with Crippen molar-refractivity contribution in [2.75, 3.05) is 11.9 Å². The monoisotopic (exact) mass is 276 g/mol. The molecule has 1 N–H and O–H groups in total. The second-order valence-electron chi connectivity index (χ2n) is 3.73. The molecule has 1 aromatic heterocycles. The van der Waals surface area contributed by atoms with Crippen molar-refractivity contribution in [2.45, 2.75) is 6.92 Å². The Kier molecular flexibility index (Phi) is 4.36. The molecular formula is C14H13ClN2O2. The Bertz CT molecular complexity index is 587. The first-order chi connectivity index (χ1) is 9.22. The number of hydrogen-bond donors (Lipinski definition) is 1. The van der Waals surface area contributed by atoms with Crippen LogP contribution in [0.2, 0.25) is 5.15 Å². The van der Waals surface area contributed by atoms with Crippen molar-refractivity contribution in [3.8, 4) is 5.75 Å². The van der Waals surface area contributed by atoms with Crippen LogP contribution in [-0.2, 0) is 0 Å². The van der Waals surface area contributed by atoms with E-state index in [-0.39, 0.29) is 11.1 Å². The minimum Gasteiger partial charge on any atom is -0.492 e. The van der Waals surface area contributed by atoms with Gasteiger partial charge >= 0.3 is 0 Å². The lowest BCUT2D eigenvalue weighted by atomic mass is 10.2. The average Bonchev–Trinajstić information content (AvgIpc) is 2.41. The molecule has 0 saturated carbocycles. The number of aromatic nitrogens is 1. The molecule has 0 bridgehead atoms. The van der Waals surface area contributed by atoms with Gasteiger partial charge < -0.3 is 10.1 Å². The lowest BCUT2D eigenvalue weighted by Crippen LogP contribution is -2.13. The third-order valence-corrected chi connectivity index (χ3v) is 2.74. The van der Waals surface area contributed by atoms with Gasteiger partial charge in [0.15, 0.2) is 0 Å². The number of ether oxygens (including phenoxy) is 1. The quantitative estimate of drug-likeness (QED) is 0.871. The maximum absolute atomic E-state index is 12.1. The van der Waals surface area contributed by atoms with Gasteiger partial charge in [0.25, 0.3) is 5.91 Å². The Balaban J connectivity index is 2.22. The standard InChI is InChI=1S/C14H13ClN2O2/c1-2-19-12-8-4-3-7-11(12)17-14(18)10-6-5-9-16-13(10)15/h3-9H,2H2,1H3,(H,17,18). The largest absolute Gasteiger partial charge is 0.492 e. The molecule has 0 saturated heterocycles. The lowest BCUT2D eigenvalue weighted by Gasteiger charge is -2.11. The number of hydrogen-bond acceptors (Lipinski definition) is 3. The summed E-state index contributed by atoms with van der Waals surface area (Å²) in [5.74, 6) is 0.309. The molecule has 98 valence electrons. The molecule has 0 aliphatic heterocycles. The van der Waals surface area contributed by atoms with Gasteiger partial charge in [-0.05, 0) is 31.2 Å². The van der Waals surface area contributed by atoms with E-state index >= 15 is 0 Å². The third-order valence-electron chi connectivity index (χ3n) is 2.44. The summed E-state index contributed by atoms with van der Waals surface area (Å²) in [5, 5.41) is 2.94. The van der Waals surface area contributed by atoms with Crippen LogP contribution in [-0.4, -0.2) is 17.5 Å². The summed E-state index contributed by atoms with van der Waals surface area (Å²) in [6.45, 7) is 2.41. The van der Waals surface area contributed by atoms with Crippen molar-refractivity contribution in [1.29, 1.82) is 0 Å². The number of halogens is 1. The zero-order valence-corrected chi connectivity index (χ0v) is 11.1.